The molecule has 2 aromatic rings. The van der Waals surface area contributed by atoms with Gasteiger partial charge in [0.1, 0.15) is 16.2 Å². The van der Waals surface area contributed by atoms with Crippen molar-refractivity contribution in [2.75, 3.05) is 0 Å². The second-order valence-corrected chi connectivity index (χ2v) is 10.5. The van der Waals surface area contributed by atoms with Gasteiger partial charge in [-0.15, -0.1) is 0 Å². The van der Waals surface area contributed by atoms with Gasteiger partial charge in [-0.05, 0) is 61.5 Å². The Balaban J connectivity index is 2.60. The molecule has 0 bridgehead atoms. The van der Waals surface area contributed by atoms with Crippen LogP contribution >= 0.6 is 23.2 Å². The Hall–Kier alpha value is -2.18. The molecule has 0 radical (unpaired) electrons. The van der Waals surface area contributed by atoms with E-state index in [0.717, 1.165) is 6.92 Å². The van der Waals surface area contributed by atoms with Crippen molar-refractivity contribution in [1.82, 2.24) is 0 Å². The highest BCUT2D eigenvalue weighted by molar-refractivity contribution is 7.96. The number of ketones is 1. The maximum Gasteiger partial charge on any atom is 0.216 e. The first kappa shape index (κ1) is 22.1. The van der Waals surface area contributed by atoms with Crippen LogP contribution in [0, 0.1) is 11.3 Å². The first-order valence-electron chi connectivity index (χ1n) is 7.62. The van der Waals surface area contributed by atoms with Crippen LogP contribution in [-0.2, 0) is 24.5 Å². The first-order chi connectivity index (χ1) is 13.0. The minimum absolute atomic E-state index is 0.227. The molecule has 0 saturated carbocycles. The minimum atomic E-state index is -4.34. The van der Waals surface area contributed by atoms with Crippen LogP contribution in [0.1, 0.15) is 6.92 Å². The van der Waals surface area contributed by atoms with Crippen LogP contribution in [0.15, 0.2) is 69.3 Å². The molecule has 2 rings (SSSR count). The van der Waals surface area contributed by atoms with Crippen LogP contribution in [-0.4, -0.2) is 27.9 Å². The van der Waals surface area contributed by atoms with E-state index in [-0.39, 0.29) is 19.8 Å². The molecule has 0 N–H and O–H groups in total. The molecule has 0 aliphatic heterocycles. The van der Waals surface area contributed by atoms with E-state index in [2.05, 4.69) is 0 Å². The molecular weight excluding hydrogens is 445 g/mol. The summed E-state index contributed by atoms with van der Waals surface area (Å²) in [5.74, 6) is -0.839. The summed E-state index contributed by atoms with van der Waals surface area (Å²) >= 11 is 11.5. The molecule has 0 fully saturated rings. The Bertz CT molecular complexity index is 1180. The maximum absolute atomic E-state index is 12.8. The average molecular weight is 458 g/mol. The molecule has 1 unspecified atom stereocenters. The second kappa shape index (κ2) is 8.45. The van der Waals surface area contributed by atoms with Crippen LogP contribution < -0.4 is 0 Å². The number of halogens is 2. The molecule has 10 heteroatoms. The van der Waals surface area contributed by atoms with E-state index in [0.29, 0.717) is 6.08 Å². The van der Waals surface area contributed by atoms with Gasteiger partial charge in [0.25, 0.3) is 0 Å². The smallest absolute Gasteiger partial charge is 0.216 e. The van der Waals surface area contributed by atoms with Gasteiger partial charge in [0.05, 0.1) is 9.79 Å². The molecule has 28 heavy (non-hydrogen) atoms. The summed E-state index contributed by atoms with van der Waals surface area (Å²) in [7, 11) is -8.63. The molecule has 2 aromatic carbocycles. The zero-order valence-electron chi connectivity index (χ0n) is 14.3. The highest BCUT2D eigenvalue weighted by Crippen LogP contribution is 2.25. The summed E-state index contributed by atoms with van der Waals surface area (Å²) in [4.78, 5) is 10.7. The van der Waals surface area contributed by atoms with E-state index in [1.165, 1.54) is 54.6 Å². The second-order valence-electron chi connectivity index (χ2n) is 5.63. The van der Waals surface area contributed by atoms with E-state index in [1.54, 1.807) is 0 Å². The van der Waals surface area contributed by atoms with E-state index in [1.807, 2.05) is 0 Å². The van der Waals surface area contributed by atoms with Gasteiger partial charge in [0.2, 0.25) is 9.84 Å². The van der Waals surface area contributed by atoms with Crippen molar-refractivity contribution in [3.63, 3.8) is 0 Å². The number of Topliss-reactive ketones (excluding diaryl/α,β-unsaturated/α-hetero) is 1. The van der Waals surface area contributed by atoms with Crippen molar-refractivity contribution in [2.45, 2.75) is 22.0 Å². The number of sulfone groups is 2. The molecule has 6 nitrogen and oxygen atoms in total. The van der Waals surface area contributed by atoms with Crippen LogP contribution in [0.25, 0.3) is 0 Å². The number of hydrogen-bond acceptors (Lipinski definition) is 6. The van der Waals surface area contributed by atoms with Gasteiger partial charge in [-0.1, -0.05) is 23.2 Å². The van der Waals surface area contributed by atoms with Crippen LogP contribution in [0.4, 0.5) is 0 Å². The number of allylic oxidation sites excluding steroid dienone is 1. The van der Waals surface area contributed by atoms with Crippen molar-refractivity contribution in [2.24, 2.45) is 0 Å². The lowest BCUT2D eigenvalue weighted by Crippen LogP contribution is -2.27. The predicted molar refractivity (Wildman–Crippen MR) is 105 cm³/mol. The molecule has 146 valence electrons. The number of carbonyl (C=O) groups is 1. The van der Waals surface area contributed by atoms with Crippen molar-refractivity contribution in [3.05, 3.63) is 69.6 Å². The summed E-state index contributed by atoms with van der Waals surface area (Å²) in [6.45, 7) is 0.999. The largest absolute Gasteiger partial charge is 0.298 e. The summed E-state index contributed by atoms with van der Waals surface area (Å²) in [6.07, 6.45) is 0.649. The maximum atomic E-state index is 12.8. The number of hydrogen-bond donors (Lipinski definition) is 0. The van der Waals surface area contributed by atoms with Crippen molar-refractivity contribution in [3.8, 4) is 6.07 Å². The number of rotatable bonds is 6. The number of nitrogens with zero attached hydrogens (tertiary/aromatic N) is 1. The number of carbonyl (C=O) groups excluding carboxylic acids is 1. The highest BCUT2D eigenvalue weighted by Gasteiger charge is 2.33. The predicted octanol–water partition coefficient (Wildman–Crippen LogP) is 3.61. The fraction of sp³-hybridized carbons (Fsp3) is 0.111. The lowest BCUT2D eigenvalue weighted by molar-refractivity contribution is -0.115. The number of nitriles is 1. The van der Waals surface area contributed by atoms with Crippen LogP contribution in [0.2, 0.25) is 10.0 Å². The Morgan fingerprint density at radius 3 is 1.75 bits per heavy atom. The Labute approximate surface area is 172 Å². The van der Waals surface area contributed by atoms with Crippen LogP contribution in [0.3, 0.4) is 0 Å². The third-order valence-electron chi connectivity index (χ3n) is 3.70. The van der Waals surface area contributed by atoms with E-state index in [4.69, 9.17) is 23.2 Å². The van der Waals surface area contributed by atoms with Crippen molar-refractivity contribution in [1.29, 1.82) is 5.26 Å². The summed E-state index contributed by atoms with van der Waals surface area (Å²) < 4.78 is 51.0. The normalized spacial score (nSPS) is 13.6. The Morgan fingerprint density at radius 1 is 0.929 bits per heavy atom. The number of benzene rings is 2. The lowest BCUT2D eigenvalue weighted by atomic mass is 10.3. The fourth-order valence-corrected chi connectivity index (χ4v) is 5.34. The third-order valence-corrected chi connectivity index (χ3v) is 7.97. The molecule has 0 amide bonds. The van der Waals surface area contributed by atoms with E-state index < -0.39 is 35.6 Å². The van der Waals surface area contributed by atoms with Gasteiger partial charge >= 0.3 is 0 Å². The molecule has 0 heterocycles. The lowest BCUT2D eigenvalue weighted by Gasteiger charge is -2.12. The minimum Gasteiger partial charge on any atom is -0.298 e. The molecule has 0 aromatic heterocycles. The fourth-order valence-electron chi connectivity index (χ4n) is 2.26. The summed E-state index contributed by atoms with van der Waals surface area (Å²) in [5.41, 5.74) is 0. The van der Waals surface area contributed by atoms with Gasteiger partial charge in [-0.3, -0.25) is 4.79 Å². The molecule has 1 atom stereocenters. The zero-order chi connectivity index (χ0) is 21.1. The first-order valence-corrected chi connectivity index (χ1v) is 11.4. The van der Waals surface area contributed by atoms with Crippen LogP contribution in [0.5, 0.6) is 0 Å². The third kappa shape index (κ3) is 4.62. The van der Waals surface area contributed by atoms with Crippen molar-refractivity contribution < 1.29 is 21.6 Å². The molecular formula is C18H13Cl2NO5S2. The van der Waals surface area contributed by atoms with E-state index >= 15 is 0 Å². The molecule has 0 spiro atoms. The highest BCUT2D eigenvalue weighted by atomic mass is 35.5. The SMILES string of the molecule is CC(=O)C(C=C(C#N)S(=O)(=O)c1ccc(Cl)cc1)S(=O)(=O)c1ccc(Cl)cc1. The van der Waals surface area contributed by atoms with Gasteiger partial charge in [-0.2, -0.15) is 5.26 Å². The topological polar surface area (TPSA) is 109 Å². The van der Waals surface area contributed by atoms with Crippen molar-refractivity contribution >= 4 is 48.7 Å². The molecule has 0 saturated heterocycles. The summed E-state index contributed by atoms with van der Waals surface area (Å²) in [5, 5.41) is 8.05. The van der Waals surface area contributed by atoms with Gasteiger partial charge in [0.15, 0.2) is 15.6 Å². The molecule has 0 aliphatic carbocycles. The standard InChI is InChI=1S/C18H13Cl2NO5S2/c1-12(22)18(28(25,26)16-8-4-14(20)5-9-16)10-17(11-21)27(23,24)15-6-2-13(19)3-7-15/h2-10,18H,1H3. The quantitative estimate of drug-likeness (QED) is 0.612. The average Bonchev–Trinajstić information content (AvgIpc) is 2.62. The van der Waals surface area contributed by atoms with Gasteiger partial charge in [0, 0.05) is 10.0 Å². The van der Waals surface area contributed by atoms with Gasteiger partial charge in [-0.25, -0.2) is 16.8 Å². The molecule has 0 aliphatic rings. The monoisotopic (exact) mass is 457 g/mol. The Kier molecular flexibility index (Phi) is 6.67. The summed E-state index contributed by atoms with van der Waals surface area (Å²) in [6, 6.07) is 11.5. The Morgan fingerprint density at radius 2 is 1.36 bits per heavy atom. The zero-order valence-corrected chi connectivity index (χ0v) is 17.5. The van der Waals surface area contributed by atoms with E-state index in [9.17, 15) is 26.9 Å². The van der Waals surface area contributed by atoms with Gasteiger partial charge < -0.3 is 0 Å².